The number of carboxylic acid groups (broad SMARTS) is 5. The van der Waals surface area contributed by atoms with Gasteiger partial charge in [0.2, 0.25) is 0 Å². The van der Waals surface area contributed by atoms with Crippen LogP contribution in [-0.4, -0.2) is 69.1 Å². The van der Waals surface area contributed by atoms with E-state index in [0.29, 0.717) is 16.9 Å². The maximum atomic E-state index is 11.9. The van der Waals surface area contributed by atoms with Crippen molar-refractivity contribution in [2.24, 2.45) is 4.74 Å². The van der Waals surface area contributed by atoms with Crippen molar-refractivity contribution in [3.05, 3.63) is 106 Å². The van der Waals surface area contributed by atoms with Crippen molar-refractivity contribution in [3.63, 3.8) is 0 Å². The zero-order valence-corrected chi connectivity index (χ0v) is 25.3. The lowest BCUT2D eigenvalue weighted by molar-refractivity contribution is 0.0673. The predicted molar refractivity (Wildman–Crippen MR) is 166 cm³/mol. The maximum absolute atomic E-state index is 11.9. The van der Waals surface area contributed by atoms with Gasteiger partial charge < -0.3 is 34.6 Å². The number of aromatic carboxylic acids is 5. The van der Waals surface area contributed by atoms with E-state index in [9.17, 15) is 49.5 Å². The van der Waals surface area contributed by atoms with Gasteiger partial charge in [-0.2, -0.15) is 0 Å². The molecule has 0 saturated carbocycles. The van der Waals surface area contributed by atoms with E-state index < -0.39 is 54.0 Å². The summed E-state index contributed by atoms with van der Waals surface area (Å²) in [4.78, 5) is 59.1. The lowest BCUT2D eigenvalue weighted by Gasteiger charge is -2.22. The summed E-state index contributed by atoms with van der Waals surface area (Å²) in [7, 11) is -1.53. The van der Waals surface area contributed by atoms with Gasteiger partial charge in [0.15, 0.2) is 0 Å². The van der Waals surface area contributed by atoms with Crippen LogP contribution in [0.15, 0.2) is 77.5 Å². The number of nitrogens with zero attached hydrogens (tertiary/aromatic N) is 1. The van der Waals surface area contributed by atoms with E-state index in [1.54, 1.807) is 13.6 Å². The van der Waals surface area contributed by atoms with Gasteiger partial charge in [-0.3, -0.25) is 0 Å². The third-order valence-electron chi connectivity index (χ3n) is 6.79. The van der Waals surface area contributed by atoms with Crippen molar-refractivity contribution in [1.29, 1.82) is 0 Å². The number of carbonyl (C=O) groups is 5. The Morgan fingerprint density at radius 1 is 0.565 bits per heavy atom. The minimum atomic E-state index is -3.01. The van der Waals surface area contributed by atoms with Crippen molar-refractivity contribution < 1.29 is 58.6 Å². The quantitative estimate of drug-likeness (QED) is 0.109. The number of hydrogen-bond acceptors (Lipinski definition) is 8. The summed E-state index contributed by atoms with van der Waals surface area (Å²) in [6.45, 7) is 3.21. The second-order valence-corrected chi connectivity index (χ2v) is 12.3. The molecule has 0 aliphatic carbocycles. The second kappa shape index (κ2) is 13.0. The minimum absolute atomic E-state index is 0.0425. The van der Waals surface area contributed by atoms with Crippen molar-refractivity contribution in [2.45, 2.75) is 6.92 Å². The molecule has 4 aromatic rings. The first-order valence-corrected chi connectivity index (χ1v) is 15.2. The molecule has 4 aromatic carbocycles. The molecule has 0 bridgehead atoms. The molecule has 0 radical (unpaired) electrons. The lowest BCUT2D eigenvalue weighted by Crippen LogP contribution is -2.11. The highest BCUT2D eigenvalue weighted by Gasteiger charge is 2.25. The third kappa shape index (κ3) is 6.90. The highest BCUT2D eigenvalue weighted by molar-refractivity contribution is 7.56. The van der Waals surface area contributed by atoms with Gasteiger partial charge in [-0.25, -0.2) is 28.7 Å². The summed E-state index contributed by atoms with van der Waals surface area (Å²) in [6.07, 6.45) is 0. The van der Waals surface area contributed by atoms with Crippen molar-refractivity contribution in [2.75, 3.05) is 13.7 Å². The Morgan fingerprint density at radius 3 is 1.17 bits per heavy atom. The predicted octanol–water partition coefficient (Wildman–Crippen LogP) is 6.57. The highest BCUT2D eigenvalue weighted by Crippen LogP contribution is 2.48. The fraction of sp³-hybridized carbons (Fsp3) is 0.0938. The van der Waals surface area contributed by atoms with Crippen LogP contribution in [0.4, 0.5) is 0 Å². The van der Waals surface area contributed by atoms with Crippen LogP contribution in [0.25, 0.3) is 22.3 Å². The summed E-state index contributed by atoms with van der Waals surface area (Å²) >= 11 is 0. The van der Waals surface area contributed by atoms with Gasteiger partial charge in [0.1, 0.15) is 11.5 Å². The molecule has 0 aliphatic rings. The van der Waals surface area contributed by atoms with E-state index in [4.69, 9.17) is 9.05 Å². The Morgan fingerprint density at radius 2 is 0.891 bits per heavy atom. The van der Waals surface area contributed by atoms with Crippen LogP contribution in [-0.2, 0) is 0 Å². The standard InChI is InChI=1S/C32H26NO12P/c1-16-12-22(29(36)37)26(23(13-16)30(38)39)17-4-8-20(9-5-17)44-46(3,33-2)45-21-10-6-18(7-11-21)27-24(31(40)41)14-19(28(34)35)15-25(27)32(42)43/h4-15H,1-3H3,(H,34,35)(H,36,37)(H,38,39)(H,40,41)(H,42,43). The van der Waals surface area contributed by atoms with Gasteiger partial charge in [-0.05, 0) is 72.1 Å². The van der Waals surface area contributed by atoms with E-state index in [2.05, 4.69) is 4.74 Å². The smallest absolute Gasteiger partial charge is 0.336 e. The van der Waals surface area contributed by atoms with Crippen LogP contribution >= 0.6 is 7.51 Å². The van der Waals surface area contributed by atoms with E-state index in [0.717, 1.165) is 12.1 Å². The van der Waals surface area contributed by atoms with Crippen LogP contribution < -0.4 is 9.05 Å². The molecular weight excluding hydrogens is 621 g/mol. The van der Waals surface area contributed by atoms with E-state index in [1.807, 2.05) is 0 Å². The minimum Gasteiger partial charge on any atom is -0.478 e. The molecule has 4 rings (SSSR count). The molecule has 0 saturated heterocycles. The van der Waals surface area contributed by atoms with Gasteiger partial charge in [0.25, 0.3) is 0 Å². The van der Waals surface area contributed by atoms with Crippen molar-refractivity contribution in [3.8, 4) is 33.8 Å². The molecule has 0 aliphatic heterocycles. The van der Waals surface area contributed by atoms with Gasteiger partial charge in [0, 0.05) is 24.8 Å². The van der Waals surface area contributed by atoms with Crippen LogP contribution in [0.3, 0.4) is 0 Å². The van der Waals surface area contributed by atoms with E-state index in [-0.39, 0.29) is 33.6 Å². The average Bonchev–Trinajstić information content (AvgIpc) is 3.00. The maximum Gasteiger partial charge on any atom is 0.336 e. The number of hydrogen-bond donors (Lipinski definition) is 5. The Balaban J connectivity index is 1.63. The summed E-state index contributed by atoms with van der Waals surface area (Å²) in [5.74, 6) is -6.52. The summed E-state index contributed by atoms with van der Waals surface area (Å²) in [5, 5.41) is 48.1. The molecule has 14 heteroatoms. The number of rotatable bonds is 11. The average molecular weight is 648 g/mol. The molecule has 0 spiro atoms. The van der Waals surface area contributed by atoms with Gasteiger partial charge in [-0.15, -0.1) is 0 Å². The molecule has 1 unspecified atom stereocenters. The lowest BCUT2D eigenvalue weighted by atomic mass is 9.92. The molecule has 0 fully saturated rings. The van der Waals surface area contributed by atoms with E-state index in [1.165, 1.54) is 67.7 Å². The van der Waals surface area contributed by atoms with Gasteiger partial charge in [-0.1, -0.05) is 24.3 Å². The molecule has 0 aromatic heterocycles. The molecule has 5 N–H and O–H groups in total. The summed E-state index contributed by atoms with van der Waals surface area (Å²) in [6, 6.07) is 16.4. The number of aryl methyl sites for hydroxylation is 1. The molecule has 236 valence electrons. The first-order chi connectivity index (χ1) is 21.6. The Bertz CT molecular complexity index is 1890. The first kappa shape index (κ1) is 33.0. The fourth-order valence-electron chi connectivity index (χ4n) is 4.71. The number of carboxylic acids is 5. The molecule has 0 heterocycles. The fourth-order valence-corrected chi connectivity index (χ4v) is 5.93. The van der Waals surface area contributed by atoms with Crippen LogP contribution in [0.1, 0.15) is 57.4 Å². The Labute approximate surface area is 261 Å². The molecular formula is C32H26NO12P. The topological polar surface area (TPSA) is 217 Å². The largest absolute Gasteiger partial charge is 0.478 e. The summed E-state index contributed by atoms with van der Waals surface area (Å²) in [5.41, 5.74) is -0.966. The van der Waals surface area contributed by atoms with Gasteiger partial charge >= 0.3 is 37.4 Å². The zero-order valence-electron chi connectivity index (χ0n) is 24.4. The highest BCUT2D eigenvalue weighted by atomic mass is 31.2. The van der Waals surface area contributed by atoms with Crippen molar-refractivity contribution in [1.82, 2.24) is 0 Å². The Hall–Kier alpha value is -5.94. The molecule has 13 nitrogen and oxygen atoms in total. The monoisotopic (exact) mass is 647 g/mol. The molecule has 46 heavy (non-hydrogen) atoms. The zero-order chi connectivity index (χ0) is 33.9. The van der Waals surface area contributed by atoms with E-state index >= 15 is 0 Å². The van der Waals surface area contributed by atoms with Crippen LogP contribution in [0, 0.1) is 6.92 Å². The number of benzene rings is 4. The van der Waals surface area contributed by atoms with Gasteiger partial charge in [0.05, 0.1) is 27.8 Å². The van der Waals surface area contributed by atoms with Crippen LogP contribution in [0.2, 0.25) is 0 Å². The van der Waals surface area contributed by atoms with Crippen LogP contribution in [0.5, 0.6) is 11.5 Å². The third-order valence-corrected chi connectivity index (χ3v) is 8.61. The SMILES string of the molecule is CN=P(C)(Oc1ccc(-c2c(C(=O)O)cc(C)cc2C(=O)O)cc1)Oc1ccc(-c2c(C(=O)O)cc(C(=O)O)cc2C(=O)O)cc1. The normalized spacial score (nSPS) is 12.0. The molecule has 1 atom stereocenters. The second-order valence-electron chi connectivity index (χ2n) is 9.94. The first-order valence-electron chi connectivity index (χ1n) is 13.2. The van der Waals surface area contributed by atoms with Crippen molar-refractivity contribution >= 4 is 37.4 Å². The Kier molecular flexibility index (Phi) is 9.29. The molecule has 0 amide bonds. The summed E-state index contributed by atoms with van der Waals surface area (Å²) < 4.78 is 16.3.